The molecule has 0 radical (unpaired) electrons. The third-order valence-corrected chi connectivity index (χ3v) is 3.29. The first-order valence-electron chi connectivity index (χ1n) is 6.82. The molecular weight excluding hydrogens is 255 g/mol. The van der Waals surface area contributed by atoms with E-state index < -0.39 is 0 Å². The molecule has 17 heavy (non-hydrogen) atoms. The standard InChI is InChI=1S/C13H28N2.2ClH/c1-3-10-15(11-4-2)12-8-13-7-5-6-9-14-13;;/h13-14H,3-12H2,1-2H3;2*1H. The molecule has 1 fully saturated rings. The molecule has 0 saturated carbocycles. The van der Waals surface area contributed by atoms with Crippen LogP contribution < -0.4 is 5.32 Å². The first kappa shape index (κ1) is 19.8. The van der Waals surface area contributed by atoms with E-state index in [-0.39, 0.29) is 24.8 Å². The van der Waals surface area contributed by atoms with E-state index in [9.17, 15) is 0 Å². The van der Waals surface area contributed by atoms with Crippen LogP contribution in [0.4, 0.5) is 0 Å². The van der Waals surface area contributed by atoms with Gasteiger partial charge in [-0.15, -0.1) is 24.8 Å². The molecule has 1 N–H and O–H groups in total. The average Bonchev–Trinajstić information content (AvgIpc) is 2.28. The van der Waals surface area contributed by atoms with Crippen LogP contribution in [0, 0.1) is 0 Å². The molecule has 0 aromatic carbocycles. The van der Waals surface area contributed by atoms with Crippen LogP contribution in [-0.2, 0) is 0 Å². The molecule has 1 atom stereocenters. The molecule has 1 heterocycles. The lowest BCUT2D eigenvalue weighted by atomic mass is 10.0. The monoisotopic (exact) mass is 284 g/mol. The Balaban J connectivity index is 0. The van der Waals surface area contributed by atoms with Gasteiger partial charge in [0, 0.05) is 6.04 Å². The molecule has 0 aromatic heterocycles. The van der Waals surface area contributed by atoms with Gasteiger partial charge in [0.05, 0.1) is 0 Å². The van der Waals surface area contributed by atoms with Crippen LogP contribution in [-0.4, -0.2) is 37.1 Å². The summed E-state index contributed by atoms with van der Waals surface area (Å²) in [5.74, 6) is 0. The van der Waals surface area contributed by atoms with Gasteiger partial charge >= 0.3 is 0 Å². The summed E-state index contributed by atoms with van der Waals surface area (Å²) in [6, 6.07) is 0.801. The van der Waals surface area contributed by atoms with Crippen LogP contribution in [0.25, 0.3) is 0 Å². The van der Waals surface area contributed by atoms with E-state index in [1.165, 1.54) is 64.7 Å². The summed E-state index contributed by atoms with van der Waals surface area (Å²) in [6.45, 7) is 9.65. The van der Waals surface area contributed by atoms with Crippen LogP contribution in [0.2, 0.25) is 0 Å². The van der Waals surface area contributed by atoms with Crippen molar-refractivity contribution in [1.29, 1.82) is 0 Å². The van der Waals surface area contributed by atoms with Crippen molar-refractivity contribution in [2.45, 2.75) is 58.4 Å². The molecule has 2 nitrogen and oxygen atoms in total. The first-order valence-corrected chi connectivity index (χ1v) is 6.82. The van der Waals surface area contributed by atoms with Gasteiger partial charge in [0.2, 0.25) is 0 Å². The molecule has 1 aliphatic rings. The minimum atomic E-state index is 0. The second kappa shape index (κ2) is 12.9. The highest BCUT2D eigenvalue weighted by molar-refractivity contribution is 5.85. The van der Waals surface area contributed by atoms with Crippen LogP contribution in [0.3, 0.4) is 0 Å². The zero-order chi connectivity index (χ0) is 10.9. The van der Waals surface area contributed by atoms with Crippen LogP contribution >= 0.6 is 24.8 Å². The Morgan fingerprint density at radius 2 is 1.65 bits per heavy atom. The molecule has 1 rings (SSSR count). The fourth-order valence-corrected chi connectivity index (χ4v) is 2.48. The zero-order valence-electron chi connectivity index (χ0n) is 11.4. The number of hydrogen-bond acceptors (Lipinski definition) is 2. The van der Waals surface area contributed by atoms with Gasteiger partial charge < -0.3 is 10.2 Å². The summed E-state index contributed by atoms with van der Waals surface area (Å²) in [5, 5.41) is 3.63. The highest BCUT2D eigenvalue weighted by Gasteiger charge is 2.13. The Labute approximate surface area is 120 Å². The van der Waals surface area contributed by atoms with Gasteiger partial charge in [0.1, 0.15) is 0 Å². The Morgan fingerprint density at radius 3 is 2.12 bits per heavy atom. The molecule has 1 aliphatic heterocycles. The maximum atomic E-state index is 3.63. The number of nitrogens with zero attached hydrogens (tertiary/aromatic N) is 1. The van der Waals surface area contributed by atoms with Crippen molar-refractivity contribution in [3.63, 3.8) is 0 Å². The van der Waals surface area contributed by atoms with Gasteiger partial charge in [0.25, 0.3) is 0 Å². The summed E-state index contributed by atoms with van der Waals surface area (Å²) < 4.78 is 0. The highest BCUT2D eigenvalue weighted by Crippen LogP contribution is 2.10. The van der Waals surface area contributed by atoms with Crippen molar-refractivity contribution >= 4 is 24.8 Å². The van der Waals surface area contributed by atoms with Crippen LogP contribution in [0.15, 0.2) is 0 Å². The van der Waals surface area contributed by atoms with E-state index in [4.69, 9.17) is 0 Å². The number of hydrogen-bond donors (Lipinski definition) is 1. The fourth-order valence-electron chi connectivity index (χ4n) is 2.48. The van der Waals surface area contributed by atoms with Crippen molar-refractivity contribution in [3.05, 3.63) is 0 Å². The normalized spacial score (nSPS) is 19.6. The lowest BCUT2D eigenvalue weighted by Gasteiger charge is -2.27. The van der Waals surface area contributed by atoms with Crippen molar-refractivity contribution in [2.24, 2.45) is 0 Å². The maximum Gasteiger partial charge on any atom is 0.00792 e. The third kappa shape index (κ3) is 9.12. The van der Waals surface area contributed by atoms with Crippen LogP contribution in [0.5, 0.6) is 0 Å². The number of piperidine rings is 1. The smallest absolute Gasteiger partial charge is 0.00792 e. The van der Waals surface area contributed by atoms with Crippen molar-refractivity contribution in [2.75, 3.05) is 26.2 Å². The summed E-state index contributed by atoms with van der Waals surface area (Å²) in [4.78, 5) is 2.62. The number of rotatable bonds is 7. The molecule has 1 unspecified atom stereocenters. The van der Waals surface area contributed by atoms with E-state index in [2.05, 4.69) is 24.1 Å². The van der Waals surface area contributed by atoms with E-state index in [1.807, 2.05) is 0 Å². The summed E-state index contributed by atoms with van der Waals surface area (Å²) in [5.41, 5.74) is 0. The number of nitrogens with one attached hydrogen (secondary N) is 1. The second-order valence-corrected chi connectivity index (χ2v) is 4.78. The number of halogens is 2. The SMILES string of the molecule is CCCN(CCC)CCC1CCCCN1.Cl.Cl. The fraction of sp³-hybridized carbons (Fsp3) is 1.00. The summed E-state index contributed by atoms with van der Waals surface area (Å²) in [7, 11) is 0. The third-order valence-electron chi connectivity index (χ3n) is 3.29. The highest BCUT2D eigenvalue weighted by atomic mass is 35.5. The molecule has 0 spiro atoms. The second-order valence-electron chi connectivity index (χ2n) is 4.78. The van der Waals surface area contributed by atoms with Gasteiger partial charge in [-0.3, -0.25) is 0 Å². The minimum absolute atomic E-state index is 0. The quantitative estimate of drug-likeness (QED) is 0.770. The van der Waals surface area contributed by atoms with E-state index in [0.717, 1.165) is 6.04 Å². The van der Waals surface area contributed by atoms with Crippen molar-refractivity contribution in [3.8, 4) is 0 Å². The van der Waals surface area contributed by atoms with Gasteiger partial charge in [0.15, 0.2) is 0 Å². The minimum Gasteiger partial charge on any atom is -0.314 e. The van der Waals surface area contributed by atoms with E-state index >= 15 is 0 Å². The molecule has 4 heteroatoms. The summed E-state index contributed by atoms with van der Waals surface area (Å²) in [6.07, 6.45) is 8.13. The molecule has 106 valence electrons. The molecular formula is C13H30Cl2N2. The Morgan fingerprint density at radius 1 is 1.00 bits per heavy atom. The lowest BCUT2D eigenvalue weighted by Crippen LogP contribution is -2.37. The Kier molecular flexibility index (Phi) is 15.1. The van der Waals surface area contributed by atoms with Gasteiger partial charge in [-0.25, -0.2) is 0 Å². The van der Waals surface area contributed by atoms with Crippen molar-refractivity contribution in [1.82, 2.24) is 10.2 Å². The zero-order valence-corrected chi connectivity index (χ0v) is 13.0. The predicted octanol–water partition coefficient (Wildman–Crippen LogP) is 3.48. The molecule has 0 aliphatic carbocycles. The van der Waals surface area contributed by atoms with Gasteiger partial charge in [-0.05, 0) is 58.3 Å². The molecule has 1 saturated heterocycles. The summed E-state index contributed by atoms with van der Waals surface area (Å²) >= 11 is 0. The van der Waals surface area contributed by atoms with Crippen LogP contribution in [0.1, 0.15) is 52.4 Å². The Bertz CT molecular complexity index is 144. The topological polar surface area (TPSA) is 15.3 Å². The van der Waals surface area contributed by atoms with Crippen molar-refractivity contribution < 1.29 is 0 Å². The lowest BCUT2D eigenvalue weighted by molar-refractivity contribution is 0.247. The average molecular weight is 285 g/mol. The molecule has 0 aromatic rings. The molecule has 0 amide bonds. The van der Waals surface area contributed by atoms with E-state index in [1.54, 1.807) is 0 Å². The van der Waals surface area contributed by atoms with E-state index in [0.29, 0.717) is 0 Å². The predicted molar refractivity (Wildman–Crippen MR) is 81.8 cm³/mol. The van der Waals surface area contributed by atoms with Gasteiger partial charge in [-0.2, -0.15) is 0 Å². The largest absolute Gasteiger partial charge is 0.314 e. The first-order chi connectivity index (χ1) is 7.36. The van der Waals surface area contributed by atoms with Gasteiger partial charge in [-0.1, -0.05) is 20.3 Å². The maximum absolute atomic E-state index is 3.63. The molecule has 0 bridgehead atoms. The Hall–Kier alpha value is 0.500.